The molecule has 0 atom stereocenters. The molecule has 5 heteroatoms. The number of fused-ring (bicyclic) bond motifs is 1. The quantitative estimate of drug-likeness (QED) is 0.927. The van der Waals surface area contributed by atoms with E-state index >= 15 is 0 Å². The van der Waals surface area contributed by atoms with E-state index in [1.165, 1.54) is 18.5 Å². The van der Waals surface area contributed by atoms with Gasteiger partial charge in [0.15, 0.2) is 0 Å². The molecule has 0 bridgehead atoms. The maximum atomic E-state index is 12.5. The molecule has 1 aromatic heterocycles. The number of imidazole rings is 1. The zero-order valence-corrected chi connectivity index (χ0v) is 13.7. The molecule has 1 amide bonds. The number of amides is 1. The summed E-state index contributed by atoms with van der Waals surface area (Å²) in [6.07, 6.45) is 4.63. The van der Waals surface area contributed by atoms with E-state index in [-0.39, 0.29) is 0 Å². The van der Waals surface area contributed by atoms with Gasteiger partial charge in [-0.1, -0.05) is 12.8 Å². The van der Waals surface area contributed by atoms with Gasteiger partial charge in [0.05, 0.1) is 11.0 Å². The molecule has 5 nitrogen and oxygen atoms in total. The number of hydrogen-bond donors (Lipinski definition) is 1. The molecule has 0 spiro atoms. The van der Waals surface area contributed by atoms with Gasteiger partial charge in [-0.2, -0.15) is 0 Å². The van der Waals surface area contributed by atoms with Gasteiger partial charge < -0.3 is 14.8 Å². The minimum absolute atomic E-state index is 0.297. The van der Waals surface area contributed by atoms with Crippen molar-refractivity contribution in [3.05, 3.63) is 24.0 Å². The average molecular weight is 312 g/mol. The highest BCUT2D eigenvalue weighted by molar-refractivity contribution is 5.81. The minimum Gasteiger partial charge on any atom is -0.368 e. The first kappa shape index (κ1) is 14.5. The van der Waals surface area contributed by atoms with Crippen LogP contribution in [0.4, 0.5) is 5.69 Å². The lowest BCUT2D eigenvalue weighted by molar-refractivity contribution is -0.135. The molecular weight excluding hydrogens is 288 g/mol. The van der Waals surface area contributed by atoms with Crippen molar-refractivity contribution >= 4 is 22.6 Å². The number of aromatic nitrogens is 2. The van der Waals surface area contributed by atoms with E-state index in [0.29, 0.717) is 11.8 Å². The molecule has 122 valence electrons. The molecule has 23 heavy (non-hydrogen) atoms. The molecule has 1 saturated heterocycles. The Hall–Kier alpha value is -2.04. The number of H-pyrrole nitrogens is 1. The summed E-state index contributed by atoms with van der Waals surface area (Å²) < 4.78 is 0. The Kier molecular flexibility index (Phi) is 3.71. The van der Waals surface area contributed by atoms with Crippen molar-refractivity contribution in [2.75, 3.05) is 31.1 Å². The highest BCUT2D eigenvalue weighted by Gasteiger charge is 2.29. The molecule has 1 aromatic carbocycles. The van der Waals surface area contributed by atoms with Crippen molar-refractivity contribution in [2.45, 2.75) is 32.6 Å². The molecule has 1 saturated carbocycles. The van der Waals surface area contributed by atoms with Crippen LogP contribution in [0.5, 0.6) is 0 Å². The Morgan fingerprint density at radius 1 is 1.17 bits per heavy atom. The number of carbonyl (C=O) groups excluding carboxylic acids is 1. The zero-order chi connectivity index (χ0) is 15.8. The Labute approximate surface area is 136 Å². The zero-order valence-electron chi connectivity index (χ0n) is 13.7. The summed E-state index contributed by atoms with van der Waals surface area (Å²) in [7, 11) is 0. The van der Waals surface area contributed by atoms with Crippen LogP contribution in [0.2, 0.25) is 0 Å². The summed E-state index contributed by atoms with van der Waals surface area (Å²) in [5, 5.41) is 0. The first-order valence-electron chi connectivity index (χ1n) is 8.71. The van der Waals surface area contributed by atoms with Crippen LogP contribution in [0.15, 0.2) is 18.2 Å². The van der Waals surface area contributed by atoms with Crippen LogP contribution in [0.1, 0.15) is 31.5 Å². The lowest BCUT2D eigenvalue weighted by Crippen LogP contribution is -2.50. The van der Waals surface area contributed by atoms with Gasteiger partial charge in [-0.25, -0.2) is 4.98 Å². The SMILES string of the molecule is Cc1nc2ccc(N3CCN(C(=O)C4CCCC4)CC3)cc2[nH]1. The fourth-order valence-corrected chi connectivity index (χ4v) is 3.94. The van der Waals surface area contributed by atoms with Crippen LogP contribution in [0.3, 0.4) is 0 Å². The third kappa shape index (κ3) is 2.80. The van der Waals surface area contributed by atoms with Crippen molar-refractivity contribution in [2.24, 2.45) is 5.92 Å². The van der Waals surface area contributed by atoms with Gasteiger partial charge in [0.2, 0.25) is 5.91 Å². The molecule has 2 heterocycles. The van der Waals surface area contributed by atoms with Crippen LogP contribution in [-0.4, -0.2) is 47.0 Å². The van der Waals surface area contributed by atoms with Gasteiger partial charge in [-0.05, 0) is 38.0 Å². The molecule has 4 rings (SSSR count). The molecule has 2 aliphatic rings. The van der Waals surface area contributed by atoms with E-state index < -0.39 is 0 Å². The maximum Gasteiger partial charge on any atom is 0.225 e. The maximum absolute atomic E-state index is 12.5. The van der Waals surface area contributed by atoms with E-state index in [1.54, 1.807) is 0 Å². The van der Waals surface area contributed by atoms with Gasteiger partial charge in [0.1, 0.15) is 5.82 Å². The number of aromatic amines is 1. The van der Waals surface area contributed by atoms with Gasteiger partial charge in [0.25, 0.3) is 0 Å². The van der Waals surface area contributed by atoms with E-state index in [2.05, 4.69) is 38.0 Å². The number of piperazine rings is 1. The molecule has 1 N–H and O–H groups in total. The Balaban J connectivity index is 1.42. The number of benzene rings is 1. The molecular formula is C18H24N4O. The number of rotatable bonds is 2. The summed E-state index contributed by atoms with van der Waals surface area (Å²) in [6, 6.07) is 6.38. The summed E-state index contributed by atoms with van der Waals surface area (Å²) in [4.78, 5) is 24.7. The largest absolute Gasteiger partial charge is 0.368 e. The lowest BCUT2D eigenvalue weighted by Gasteiger charge is -2.37. The number of anilines is 1. The first-order chi connectivity index (χ1) is 11.2. The third-order valence-electron chi connectivity index (χ3n) is 5.24. The fourth-order valence-electron chi connectivity index (χ4n) is 3.94. The molecule has 1 aliphatic carbocycles. The van der Waals surface area contributed by atoms with Crippen LogP contribution in [-0.2, 0) is 4.79 Å². The second-order valence-corrected chi connectivity index (χ2v) is 6.82. The monoisotopic (exact) mass is 312 g/mol. The number of nitrogens with one attached hydrogen (secondary N) is 1. The van der Waals surface area contributed by atoms with Crippen molar-refractivity contribution < 1.29 is 4.79 Å². The van der Waals surface area contributed by atoms with E-state index in [4.69, 9.17) is 0 Å². The van der Waals surface area contributed by atoms with E-state index in [1.807, 2.05) is 6.92 Å². The lowest BCUT2D eigenvalue weighted by atomic mass is 10.1. The predicted octanol–water partition coefficient (Wildman–Crippen LogP) is 2.71. The van der Waals surface area contributed by atoms with Crippen LogP contribution >= 0.6 is 0 Å². The van der Waals surface area contributed by atoms with E-state index in [0.717, 1.165) is 55.9 Å². The van der Waals surface area contributed by atoms with Crippen LogP contribution < -0.4 is 4.90 Å². The van der Waals surface area contributed by atoms with Crippen molar-refractivity contribution in [1.82, 2.24) is 14.9 Å². The molecule has 1 aliphatic heterocycles. The second kappa shape index (κ2) is 5.87. The van der Waals surface area contributed by atoms with Gasteiger partial charge in [-0.15, -0.1) is 0 Å². The first-order valence-corrected chi connectivity index (χ1v) is 8.71. The molecule has 2 fully saturated rings. The summed E-state index contributed by atoms with van der Waals surface area (Å²) in [5.41, 5.74) is 3.32. The fraction of sp³-hybridized carbons (Fsp3) is 0.556. The van der Waals surface area contributed by atoms with Gasteiger partial charge in [0, 0.05) is 37.8 Å². The normalized spacial score (nSPS) is 19.7. The van der Waals surface area contributed by atoms with Crippen LogP contribution in [0, 0.1) is 12.8 Å². The summed E-state index contributed by atoms with van der Waals surface area (Å²) in [5.74, 6) is 1.64. The molecule has 0 radical (unpaired) electrons. The Morgan fingerprint density at radius 3 is 2.65 bits per heavy atom. The highest BCUT2D eigenvalue weighted by Crippen LogP contribution is 2.28. The number of hydrogen-bond acceptors (Lipinski definition) is 3. The number of nitrogens with zero attached hydrogens (tertiary/aromatic N) is 3. The highest BCUT2D eigenvalue weighted by atomic mass is 16.2. The molecule has 0 unspecified atom stereocenters. The van der Waals surface area contributed by atoms with Crippen molar-refractivity contribution in [3.63, 3.8) is 0 Å². The van der Waals surface area contributed by atoms with E-state index in [9.17, 15) is 4.79 Å². The standard InChI is InChI=1S/C18H24N4O/c1-13-19-16-7-6-15(12-17(16)20-13)21-8-10-22(11-9-21)18(23)14-4-2-3-5-14/h6-7,12,14H,2-5,8-11H2,1H3,(H,19,20). The topological polar surface area (TPSA) is 52.2 Å². The number of carbonyl (C=O) groups is 1. The van der Waals surface area contributed by atoms with Gasteiger partial charge in [-0.3, -0.25) is 4.79 Å². The summed E-state index contributed by atoms with van der Waals surface area (Å²) in [6.45, 7) is 5.49. The molecule has 2 aromatic rings. The number of aryl methyl sites for hydroxylation is 1. The van der Waals surface area contributed by atoms with Crippen LogP contribution in [0.25, 0.3) is 11.0 Å². The predicted molar refractivity (Wildman–Crippen MR) is 91.6 cm³/mol. The van der Waals surface area contributed by atoms with Crippen molar-refractivity contribution in [1.29, 1.82) is 0 Å². The second-order valence-electron chi connectivity index (χ2n) is 6.82. The smallest absolute Gasteiger partial charge is 0.225 e. The minimum atomic E-state index is 0.297. The Morgan fingerprint density at radius 2 is 1.91 bits per heavy atom. The summed E-state index contributed by atoms with van der Waals surface area (Å²) >= 11 is 0. The average Bonchev–Trinajstić information content (AvgIpc) is 3.22. The third-order valence-corrected chi connectivity index (χ3v) is 5.24. The van der Waals surface area contributed by atoms with Gasteiger partial charge >= 0.3 is 0 Å². The Bertz CT molecular complexity index is 709. The van der Waals surface area contributed by atoms with Crippen molar-refractivity contribution in [3.8, 4) is 0 Å².